The van der Waals surface area contributed by atoms with E-state index in [2.05, 4.69) is 32.1 Å². The van der Waals surface area contributed by atoms with Gasteiger partial charge in [-0.15, -0.1) is 0 Å². The van der Waals surface area contributed by atoms with Crippen molar-refractivity contribution in [1.82, 2.24) is 15.0 Å². The molecule has 1 aromatic heterocycles. The molecule has 0 bridgehead atoms. The summed E-state index contributed by atoms with van der Waals surface area (Å²) in [7, 11) is 0. The molecule has 1 saturated carbocycles. The SMILES string of the molecule is CC1(Nc2nc(N)nc(N3CCCCC3)n2)CC1. The number of piperidine rings is 1. The highest BCUT2D eigenvalue weighted by Gasteiger charge is 2.38. The number of nitrogen functional groups attached to an aromatic ring is 1. The Labute approximate surface area is 107 Å². The van der Waals surface area contributed by atoms with E-state index in [1.165, 1.54) is 19.3 Å². The maximum Gasteiger partial charge on any atom is 0.231 e. The molecule has 2 heterocycles. The zero-order valence-corrected chi connectivity index (χ0v) is 10.8. The molecule has 6 nitrogen and oxygen atoms in total. The summed E-state index contributed by atoms with van der Waals surface area (Å²) in [6, 6.07) is 0. The molecule has 6 heteroatoms. The molecule has 0 radical (unpaired) electrons. The highest BCUT2D eigenvalue weighted by molar-refractivity contribution is 5.44. The summed E-state index contributed by atoms with van der Waals surface area (Å²) in [5.41, 5.74) is 5.94. The molecule has 98 valence electrons. The third-order valence-electron chi connectivity index (χ3n) is 3.69. The summed E-state index contributed by atoms with van der Waals surface area (Å²) in [6.45, 7) is 4.20. The highest BCUT2D eigenvalue weighted by atomic mass is 15.3. The van der Waals surface area contributed by atoms with Crippen LogP contribution in [0.3, 0.4) is 0 Å². The van der Waals surface area contributed by atoms with Crippen molar-refractivity contribution in [3.63, 3.8) is 0 Å². The number of anilines is 3. The molecule has 2 aliphatic rings. The molecule has 0 amide bonds. The van der Waals surface area contributed by atoms with Crippen molar-refractivity contribution in [3.05, 3.63) is 0 Å². The first-order chi connectivity index (χ1) is 8.65. The van der Waals surface area contributed by atoms with Crippen LogP contribution in [-0.2, 0) is 0 Å². The van der Waals surface area contributed by atoms with Gasteiger partial charge in [0.15, 0.2) is 0 Å². The Morgan fingerprint density at radius 3 is 2.50 bits per heavy atom. The van der Waals surface area contributed by atoms with Gasteiger partial charge < -0.3 is 16.0 Å². The fourth-order valence-electron chi connectivity index (χ4n) is 2.25. The first-order valence-electron chi connectivity index (χ1n) is 6.69. The minimum Gasteiger partial charge on any atom is -0.368 e. The van der Waals surface area contributed by atoms with Gasteiger partial charge in [-0.1, -0.05) is 0 Å². The van der Waals surface area contributed by atoms with E-state index in [0.29, 0.717) is 17.8 Å². The van der Waals surface area contributed by atoms with Crippen LogP contribution in [0.25, 0.3) is 0 Å². The van der Waals surface area contributed by atoms with Crippen LogP contribution in [-0.4, -0.2) is 33.6 Å². The van der Waals surface area contributed by atoms with Crippen LogP contribution >= 0.6 is 0 Å². The van der Waals surface area contributed by atoms with Crippen molar-refractivity contribution >= 4 is 17.8 Å². The lowest BCUT2D eigenvalue weighted by Gasteiger charge is -2.27. The molecule has 1 saturated heterocycles. The molecule has 3 N–H and O–H groups in total. The van der Waals surface area contributed by atoms with Gasteiger partial charge in [-0.2, -0.15) is 15.0 Å². The zero-order chi connectivity index (χ0) is 12.6. The number of aromatic nitrogens is 3. The van der Waals surface area contributed by atoms with Crippen molar-refractivity contribution in [1.29, 1.82) is 0 Å². The maximum atomic E-state index is 5.78. The normalized spacial score (nSPS) is 21.7. The molecular formula is C12H20N6. The molecule has 0 aromatic carbocycles. The minimum atomic E-state index is 0.160. The van der Waals surface area contributed by atoms with Gasteiger partial charge in [0, 0.05) is 18.6 Å². The Morgan fingerprint density at radius 1 is 1.11 bits per heavy atom. The second-order valence-corrected chi connectivity index (χ2v) is 5.55. The van der Waals surface area contributed by atoms with E-state index in [9.17, 15) is 0 Å². The van der Waals surface area contributed by atoms with Gasteiger partial charge in [0.25, 0.3) is 0 Å². The Hall–Kier alpha value is -1.59. The Balaban J connectivity index is 1.80. The van der Waals surface area contributed by atoms with Crippen molar-refractivity contribution in [2.24, 2.45) is 0 Å². The second kappa shape index (κ2) is 4.26. The van der Waals surface area contributed by atoms with Crippen LogP contribution in [0.5, 0.6) is 0 Å². The average Bonchev–Trinajstić information content (AvgIpc) is 3.07. The molecular weight excluding hydrogens is 228 g/mol. The van der Waals surface area contributed by atoms with E-state index in [-0.39, 0.29) is 5.54 Å². The number of nitrogens with zero attached hydrogens (tertiary/aromatic N) is 4. The summed E-state index contributed by atoms with van der Waals surface area (Å²) in [4.78, 5) is 15.1. The van der Waals surface area contributed by atoms with E-state index >= 15 is 0 Å². The van der Waals surface area contributed by atoms with Crippen molar-refractivity contribution in [3.8, 4) is 0 Å². The fourth-order valence-corrected chi connectivity index (χ4v) is 2.25. The number of nitrogens with one attached hydrogen (secondary N) is 1. The summed E-state index contributed by atoms with van der Waals surface area (Å²) in [5.74, 6) is 1.63. The van der Waals surface area contributed by atoms with Crippen molar-refractivity contribution < 1.29 is 0 Å². The van der Waals surface area contributed by atoms with Crippen LogP contribution in [0.4, 0.5) is 17.8 Å². The molecule has 1 aromatic rings. The lowest BCUT2D eigenvalue weighted by Crippen LogP contribution is -2.32. The van der Waals surface area contributed by atoms with E-state index in [1.807, 2.05) is 0 Å². The summed E-state index contributed by atoms with van der Waals surface area (Å²) in [5, 5.41) is 3.34. The largest absolute Gasteiger partial charge is 0.368 e. The van der Waals surface area contributed by atoms with Gasteiger partial charge in [0.2, 0.25) is 17.8 Å². The van der Waals surface area contributed by atoms with Gasteiger partial charge >= 0.3 is 0 Å². The van der Waals surface area contributed by atoms with Crippen LogP contribution < -0.4 is 16.0 Å². The van der Waals surface area contributed by atoms with E-state index < -0.39 is 0 Å². The number of nitrogens with two attached hydrogens (primary N) is 1. The van der Waals surface area contributed by atoms with Crippen LogP contribution in [0.1, 0.15) is 39.0 Å². The van der Waals surface area contributed by atoms with Gasteiger partial charge in [-0.05, 0) is 39.0 Å². The molecule has 0 atom stereocenters. The first kappa shape index (κ1) is 11.5. The third kappa shape index (κ3) is 2.47. The monoisotopic (exact) mass is 248 g/mol. The topological polar surface area (TPSA) is 80.0 Å². The van der Waals surface area contributed by atoms with Crippen LogP contribution in [0, 0.1) is 0 Å². The lowest BCUT2D eigenvalue weighted by molar-refractivity contribution is 0.567. The van der Waals surface area contributed by atoms with Crippen molar-refractivity contribution in [2.45, 2.75) is 44.6 Å². The van der Waals surface area contributed by atoms with E-state index in [4.69, 9.17) is 5.73 Å². The second-order valence-electron chi connectivity index (χ2n) is 5.55. The molecule has 0 unspecified atom stereocenters. The van der Waals surface area contributed by atoms with Gasteiger partial charge in [-0.3, -0.25) is 0 Å². The smallest absolute Gasteiger partial charge is 0.231 e. The summed E-state index contributed by atoms with van der Waals surface area (Å²) in [6.07, 6.45) is 6.02. The Bertz CT molecular complexity index is 436. The maximum absolute atomic E-state index is 5.78. The van der Waals surface area contributed by atoms with Crippen molar-refractivity contribution in [2.75, 3.05) is 29.0 Å². The lowest BCUT2D eigenvalue weighted by atomic mass is 10.1. The average molecular weight is 248 g/mol. The van der Waals surface area contributed by atoms with Gasteiger partial charge in [-0.25, -0.2) is 0 Å². The fraction of sp³-hybridized carbons (Fsp3) is 0.750. The first-order valence-corrected chi connectivity index (χ1v) is 6.69. The molecule has 2 fully saturated rings. The molecule has 3 rings (SSSR count). The van der Waals surface area contributed by atoms with Gasteiger partial charge in [0.1, 0.15) is 0 Å². The molecule has 18 heavy (non-hydrogen) atoms. The highest BCUT2D eigenvalue weighted by Crippen LogP contribution is 2.37. The zero-order valence-electron chi connectivity index (χ0n) is 10.8. The molecule has 1 aliphatic carbocycles. The number of hydrogen-bond donors (Lipinski definition) is 2. The standard InChI is InChI=1S/C12H20N6/c1-12(5-6-12)17-10-14-9(13)15-11(16-10)18-7-3-2-4-8-18/h2-8H2,1H3,(H3,13,14,15,16,17). The molecule has 1 aliphatic heterocycles. The number of hydrogen-bond acceptors (Lipinski definition) is 6. The predicted molar refractivity (Wildman–Crippen MR) is 71.6 cm³/mol. The summed E-state index contributed by atoms with van der Waals surface area (Å²) < 4.78 is 0. The quantitative estimate of drug-likeness (QED) is 0.842. The Morgan fingerprint density at radius 2 is 1.83 bits per heavy atom. The molecule has 0 spiro atoms. The Kier molecular flexibility index (Phi) is 2.72. The predicted octanol–water partition coefficient (Wildman–Crippen LogP) is 1.41. The minimum absolute atomic E-state index is 0.160. The number of rotatable bonds is 3. The summed E-state index contributed by atoms with van der Waals surface area (Å²) >= 11 is 0. The van der Waals surface area contributed by atoms with E-state index in [0.717, 1.165) is 25.9 Å². The van der Waals surface area contributed by atoms with E-state index in [1.54, 1.807) is 0 Å². The third-order valence-corrected chi connectivity index (χ3v) is 3.69. The van der Waals surface area contributed by atoms with Crippen LogP contribution in [0.2, 0.25) is 0 Å². The van der Waals surface area contributed by atoms with Gasteiger partial charge in [0.05, 0.1) is 0 Å². The van der Waals surface area contributed by atoms with Crippen LogP contribution in [0.15, 0.2) is 0 Å².